The fraction of sp³-hybridized carbons (Fsp3) is 0.833. The molecule has 4 heteroatoms. The van der Waals surface area contributed by atoms with Crippen LogP contribution in [-0.2, 0) is 4.79 Å². The lowest BCUT2D eigenvalue weighted by Crippen LogP contribution is -2.63. The minimum Gasteiger partial charge on any atom is -0.550 e. The van der Waals surface area contributed by atoms with Gasteiger partial charge in [0.2, 0.25) is 0 Å². The number of carbonyl (C=O) groups excluding carboxylic acids is 1. The molecule has 0 aromatic carbocycles. The van der Waals surface area contributed by atoms with Gasteiger partial charge in [-0.2, -0.15) is 0 Å². The predicted molar refractivity (Wildman–Crippen MR) is 33.3 cm³/mol. The average molecular weight is 147 g/mol. The zero-order valence-corrected chi connectivity index (χ0v) is 6.14. The van der Waals surface area contributed by atoms with Crippen LogP contribution in [-0.4, -0.2) is 18.6 Å². The van der Waals surface area contributed by atoms with E-state index >= 15 is 0 Å². The molecular formula is C6H15N2O2+. The summed E-state index contributed by atoms with van der Waals surface area (Å²) in [5.74, 6) is -1.01. The number of hydrogen-bond acceptors (Lipinski definition) is 2. The summed E-state index contributed by atoms with van der Waals surface area (Å²) in [6, 6.07) is -0.00764. The number of carboxylic acids is 1. The van der Waals surface area contributed by atoms with Gasteiger partial charge in [-0.25, -0.2) is 0 Å². The van der Waals surface area contributed by atoms with Gasteiger partial charge in [-0.05, 0) is 0 Å². The van der Waals surface area contributed by atoms with Crippen LogP contribution in [0.4, 0.5) is 0 Å². The lowest BCUT2D eigenvalue weighted by atomic mass is 10.1. The highest BCUT2D eigenvalue weighted by molar-refractivity contribution is 5.64. The van der Waals surface area contributed by atoms with E-state index in [-0.39, 0.29) is 12.5 Å². The van der Waals surface area contributed by atoms with Crippen LogP contribution in [0, 0.1) is 0 Å². The van der Waals surface area contributed by atoms with Gasteiger partial charge >= 0.3 is 0 Å². The number of rotatable bonds is 5. The normalized spacial score (nSPS) is 13.0. The van der Waals surface area contributed by atoms with Crippen LogP contribution in [0.25, 0.3) is 0 Å². The van der Waals surface area contributed by atoms with E-state index in [2.05, 4.69) is 11.5 Å². The first kappa shape index (κ1) is 9.39. The van der Waals surface area contributed by atoms with Gasteiger partial charge < -0.3 is 21.4 Å². The molecule has 0 spiro atoms. The monoisotopic (exact) mass is 147 g/mol. The topological polar surface area (TPSA) is 95.4 Å². The lowest BCUT2D eigenvalue weighted by molar-refractivity contribution is -0.429. The predicted octanol–water partition coefficient (Wildman–Crippen LogP) is -3.24. The van der Waals surface area contributed by atoms with E-state index < -0.39 is 5.97 Å². The maximum absolute atomic E-state index is 10.0. The second-order valence-corrected chi connectivity index (χ2v) is 2.44. The standard InChI is InChI=1S/C6H14N2O2/c7-3-1-2-5(8)4-6(9)10/h5H,1-4,7-8H2,(H,9,10)/p+1/t5-/m1/s1. The Labute approximate surface area is 60.2 Å². The third-order valence-electron chi connectivity index (χ3n) is 1.32. The smallest absolute Gasteiger partial charge is 0.0898 e. The highest BCUT2D eigenvalue weighted by Crippen LogP contribution is 1.93. The summed E-state index contributed by atoms with van der Waals surface area (Å²) in [4.78, 5) is 10.0. The van der Waals surface area contributed by atoms with Crippen molar-refractivity contribution >= 4 is 5.97 Å². The molecule has 0 aliphatic rings. The van der Waals surface area contributed by atoms with E-state index in [9.17, 15) is 9.90 Å². The van der Waals surface area contributed by atoms with Crippen molar-refractivity contribution in [3.8, 4) is 0 Å². The number of carboxylic acid groups (broad SMARTS) is 1. The Hall–Kier alpha value is -0.610. The minimum atomic E-state index is -1.01. The Morgan fingerprint density at radius 3 is 2.60 bits per heavy atom. The quantitative estimate of drug-likeness (QED) is 0.427. The molecule has 0 saturated carbocycles. The molecule has 0 heterocycles. The van der Waals surface area contributed by atoms with Crippen molar-refractivity contribution in [2.24, 2.45) is 0 Å². The van der Waals surface area contributed by atoms with Gasteiger partial charge in [-0.15, -0.1) is 0 Å². The second kappa shape index (κ2) is 5.20. The third-order valence-corrected chi connectivity index (χ3v) is 1.32. The summed E-state index contributed by atoms with van der Waals surface area (Å²) in [5, 5.41) is 10.0. The van der Waals surface area contributed by atoms with Crippen molar-refractivity contribution in [1.29, 1.82) is 0 Å². The Morgan fingerprint density at radius 1 is 1.60 bits per heavy atom. The zero-order chi connectivity index (χ0) is 7.98. The van der Waals surface area contributed by atoms with E-state index in [1.54, 1.807) is 0 Å². The van der Waals surface area contributed by atoms with Crippen molar-refractivity contribution in [3.63, 3.8) is 0 Å². The van der Waals surface area contributed by atoms with Gasteiger partial charge in [0.15, 0.2) is 0 Å². The van der Waals surface area contributed by atoms with Gasteiger partial charge in [0.25, 0.3) is 0 Å². The van der Waals surface area contributed by atoms with Crippen LogP contribution in [0.2, 0.25) is 0 Å². The minimum absolute atomic E-state index is 0.00764. The molecule has 10 heavy (non-hydrogen) atoms. The van der Waals surface area contributed by atoms with E-state index in [1.165, 1.54) is 0 Å². The summed E-state index contributed by atoms with van der Waals surface area (Å²) in [6.07, 6.45) is 1.85. The molecule has 0 aromatic heterocycles. The van der Waals surface area contributed by atoms with Crippen LogP contribution in [0.3, 0.4) is 0 Å². The van der Waals surface area contributed by atoms with Crippen LogP contribution < -0.4 is 16.6 Å². The molecule has 0 amide bonds. The Kier molecular flexibility index (Phi) is 4.88. The van der Waals surface area contributed by atoms with Crippen molar-refractivity contribution in [2.45, 2.75) is 25.3 Å². The molecule has 0 aliphatic heterocycles. The molecular weight excluding hydrogens is 132 g/mol. The summed E-state index contributed by atoms with van der Waals surface area (Å²) in [6.45, 7) is 0.846. The zero-order valence-electron chi connectivity index (χ0n) is 6.14. The number of aliphatic carboxylic acids is 1. The summed E-state index contributed by atoms with van der Waals surface area (Å²) in [5.41, 5.74) is 7.31. The largest absolute Gasteiger partial charge is 0.550 e. The molecule has 0 unspecified atom stereocenters. The fourth-order valence-corrected chi connectivity index (χ4v) is 0.771. The van der Waals surface area contributed by atoms with Crippen LogP contribution in [0.1, 0.15) is 19.3 Å². The van der Waals surface area contributed by atoms with Crippen LogP contribution in [0.5, 0.6) is 0 Å². The first-order chi connectivity index (χ1) is 4.66. The molecule has 6 N–H and O–H groups in total. The molecule has 4 nitrogen and oxygen atoms in total. The molecule has 0 fully saturated rings. The molecule has 0 aromatic rings. The molecule has 0 rings (SSSR count). The molecule has 0 bridgehead atoms. The highest BCUT2D eigenvalue weighted by atomic mass is 16.4. The van der Waals surface area contributed by atoms with Crippen molar-refractivity contribution < 1.29 is 21.4 Å². The fourth-order valence-electron chi connectivity index (χ4n) is 0.771. The summed E-state index contributed by atoms with van der Waals surface area (Å²) >= 11 is 0. The average Bonchev–Trinajstić information content (AvgIpc) is 1.82. The van der Waals surface area contributed by atoms with E-state index in [0.717, 1.165) is 19.4 Å². The van der Waals surface area contributed by atoms with Gasteiger partial charge in [0, 0.05) is 25.2 Å². The van der Waals surface area contributed by atoms with E-state index in [1.807, 2.05) is 0 Å². The van der Waals surface area contributed by atoms with Crippen LogP contribution in [0.15, 0.2) is 0 Å². The number of quaternary nitrogens is 2. The van der Waals surface area contributed by atoms with Crippen LogP contribution >= 0.6 is 0 Å². The lowest BCUT2D eigenvalue weighted by Gasteiger charge is -2.06. The van der Waals surface area contributed by atoms with E-state index in [0.29, 0.717) is 0 Å². The Balaban J connectivity index is 3.25. The summed E-state index contributed by atoms with van der Waals surface area (Å²) < 4.78 is 0. The second-order valence-electron chi connectivity index (χ2n) is 2.44. The van der Waals surface area contributed by atoms with Crippen molar-refractivity contribution in [3.05, 3.63) is 0 Å². The highest BCUT2D eigenvalue weighted by Gasteiger charge is 2.04. The van der Waals surface area contributed by atoms with Crippen molar-refractivity contribution in [1.82, 2.24) is 0 Å². The molecule has 1 atom stereocenters. The Morgan fingerprint density at radius 2 is 2.20 bits per heavy atom. The van der Waals surface area contributed by atoms with Crippen molar-refractivity contribution in [2.75, 3.05) is 6.54 Å². The van der Waals surface area contributed by atoms with Gasteiger partial charge in [0.1, 0.15) is 0 Å². The maximum Gasteiger partial charge on any atom is 0.0898 e. The first-order valence-electron chi connectivity index (χ1n) is 3.49. The molecule has 0 aliphatic carbocycles. The van der Waals surface area contributed by atoms with E-state index in [4.69, 9.17) is 0 Å². The summed E-state index contributed by atoms with van der Waals surface area (Å²) in [7, 11) is 0. The first-order valence-corrected chi connectivity index (χ1v) is 3.49. The molecule has 60 valence electrons. The van der Waals surface area contributed by atoms with Gasteiger partial charge in [-0.3, -0.25) is 0 Å². The SMILES string of the molecule is [NH3+]CCC[C@@H]([NH3+])CC(=O)[O-]. The molecule has 0 saturated heterocycles. The molecule has 0 radical (unpaired) electrons. The maximum atomic E-state index is 10.0. The third kappa shape index (κ3) is 5.53. The number of hydrogen-bond donors (Lipinski definition) is 2. The van der Waals surface area contributed by atoms with Gasteiger partial charge in [0.05, 0.1) is 12.6 Å². The van der Waals surface area contributed by atoms with Gasteiger partial charge in [-0.1, -0.05) is 0 Å². The number of carbonyl (C=O) groups is 1. The Bertz CT molecular complexity index is 106.